The Hall–Kier alpha value is -1.86. The summed E-state index contributed by atoms with van der Waals surface area (Å²) in [4.78, 5) is 4.78. The molecule has 0 radical (unpaired) electrons. The maximum Gasteiger partial charge on any atom is 0.0756 e. The van der Waals surface area contributed by atoms with Crippen molar-refractivity contribution in [2.75, 3.05) is 0 Å². The van der Waals surface area contributed by atoms with Gasteiger partial charge in [0.15, 0.2) is 0 Å². The average Bonchev–Trinajstić information content (AvgIpc) is 2.43. The summed E-state index contributed by atoms with van der Waals surface area (Å²) in [7, 11) is 0. The topological polar surface area (TPSA) is 12.9 Å². The zero-order valence-corrected chi connectivity index (χ0v) is 11.7. The lowest BCUT2D eigenvalue weighted by Gasteiger charge is -2.10. The number of hydrogen-bond acceptors (Lipinski definition) is 1. The van der Waals surface area contributed by atoms with Gasteiger partial charge in [0.1, 0.15) is 0 Å². The van der Waals surface area contributed by atoms with Crippen molar-refractivity contribution in [3.05, 3.63) is 64.7 Å². The molecule has 0 aliphatic carbocycles. The van der Waals surface area contributed by atoms with Gasteiger partial charge in [-0.1, -0.05) is 54.1 Å². The highest BCUT2D eigenvalue weighted by molar-refractivity contribution is 6.36. The third-order valence-corrected chi connectivity index (χ3v) is 3.69. The highest BCUT2D eigenvalue weighted by Gasteiger charge is 2.09. The van der Waals surface area contributed by atoms with Crippen LogP contribution < -0.4 is 0 Å². The molecular formula is C17H14ClN. The van der Waals surface area contributed by atoms with Gasteiger partial charge in [0.25, 0.3) is 0 Å². The summed E-state index contributed by atoms with van der Waals surface area (Å²) in [6.07, 6.45) is 0. The summed E-state index contributed by atoms with van der Waals surface area (Å²) < 4.78 is 0. The van der Waals surface area contributed by atoms with Crippen molar-refractivity contribution in [1.29, 1.82) is 0 Å². The molecule has 0 bridgehead atoms. The van der Waals surface area contributed by atoms with E-state index in [4.69, 9.17) is 16.6 Å². The number of benzene rings is 2. The van der Waals surface area contributed by atoms with E-state index in [1.807, 2.05) is 24.3 Å². The van der Waals surface area contributed by atoms with Crippen LogP contribution in [0.2, 0.25) is 5.02 Å². The zero-order chi connectivity index (χ0) is 13.4. The largest absolute Gasteiger partial charge is 0.247 e. The summed E-state index contributed by atoms with van der Waals surface area (Å²) in [6.45, 7) is 4.14. The third kappa shape index (κ3) is 2.11. The Morgan fingerprint density at radius 1 is 0.895 bits per heavy atom. The summed E-state index contributed by atoms with van der Waals surface area (Å²) in [5.41, 5.74) is 5.32. The number of nitrogens with zero attached hydrogens (tertiary/aromatic N) is 1. The molecule has 0 saturated carbocycles. The Morgan fingerprint density at radius 2 is 1.58 bits per heavy atom. The third-order valence-electron chi connectivity index (χ3n) is 3.39. The first-order chi connectivity index (χ1) is 9.16. The Morgan fingerprint density at radius 3 is 2.32 bits per heavy atom. The van der Waals surface area contributed by atoms with E-state index in [9.17, 15) is 0 Å². The molecule has 0 unspecified atom stereocenters. The van der Waals surface area contributed by atoms with Crippen LogP contribution in [0.25, 0.3) is 22.2 Å². The van der Waals surface area contributed by atoms with Crippen LogP contribution in [0.4, 0.5) is 0 Å². The molecule has 1 heterocycles. The molecule has 0 N–H and O–H groups in total. The molecule has 0 atom stereocenters. The van der Waals surface area contributed by atoms with Crippen LogP contribution in [-0.4, -0.2) is 4.98 Å². The number of halogens is 1. The molecule has 3 rings (SSSR count). The number of aromatic nitrogens is 1. The first-order valence-corrected chi connectivity index (χ1v) is 6.66. The second-order valence-corrected chi connectivity index (χ2v) is 5.19. The minimum atomic E-state index is 0.769. The molecule has 0 fully saturated rings. The SMILES string of the molecule is Cc1ccc(C)c2c(Cl)cc(-c3ccccc3)nc12. The predicted molar refractivity (Wildman–Crippen MR) is 81.7 cm³/mol. The normalized spacial score (nSPS) is 10.9. The fraction of sp³-hybridized carbons (Fsp3) is 0.118. The number of rotatable bonds is 1. The summed E-state index contributed by atoms with van der Waals surface area (Å²) in [5.74, 6) is 0. The molecular weight excluding hydrogens is 254 g/mol. The molecule has 0 spiro atoms. The molecule has 0 aliphatic heterocycles. The maximum absolute atomic E-state index is 6.45. The zero-order valence-electron chi connectivity index (χ0n) is 10.9. The van der Waals surface area contributed by atoms with E-state index in [2.05, 4.69) is 38.1 Å². The maximum atomic E-state index is 6.45. The fourth-order valence-electron chi connectivity index (χ4n) is 2.34. The summed E-state index contributed by atoms with van der Waals surface area (Å²) in [6, 6.07) is 16.3. The molecule has 2 aromatic carbocycles. The monoisotopic (exact) mass is 267 g/mol. The van der Waals surface area contributed by atoms with Crippen LogP contribution in [0.3, 0.4) is 0 Å². The van der Waals surface area contributed by atoms with E-state index >= 15 is 0 Å². The van der Waals surface area contributed by atoms with Crippen molar-refractivity contribution >= 4 is 22.5 Å². The predicted octanol–water partition coefficient (Wildman–Crippen LogP) is 5.17. The standard InChI is InChI=1S/C17H14ClN/c1-11-8-9-12(2)17-16(11)14(18)10-15(19-17)13-6-4-3-5-7-13/h3-10H,1-2H3. The second kappa shape index (κ2) is 4.67. The van der Waals surface area contributed by atoms with Gasteiger partial charge in [0, 0.05) is 10.9 Å². The van der Waals surface area contributed by atoms with Crippen molar-refractivity contribution in [2.24, 2.45) is 0 Å². The van der Waals surface area contributed by atoms with Crippen molar-refractivity contribution in [1.82, 2.24) is 4.98 Å². The van der Waals surface area contributed by atoms with Gasteiger partial charge in [0.2, 0.25) is 0 Å². The van der Waals surface area contributed by atoms with Gasteiger partial charge in [-0.15, -0.1) is 0 Å². The lowest BCUT2D eigenvalue weighted by molar-refractivity contribution is 1.34. The van der Waals surface area contributed by atoms with E-state index in [1.54, 1.807) is 0 Å². The second-order valence-electron chi connectivity index (χ2n) is 4.78. The minimum absolute atomic E-state index is 0.769. The molecule has 1 aromatic heterocycles. The number of pyridine rings is 1. The molecule has 0 amide bonds. The Balaban J connectivity index is 2.34. The highest BCUT2D eigenvalue weighted by atomic mass is 35.5. The van der Waals surface area contributed by atoms with Gasteiger partial charge in [-0.25, -0.2) is 4.98 Å². The van der Waals surface area contributed by atoms with Gasteiger partial charge in [-0.2, -0.15) is 0 Å². The van der Waals surface area contributed by atoms with E-state index < -0.39 is 0 Å². The van der Waals surface area contributed by atoms with Gasteiger partial charge in [-0.3, -0.25) is 0 Å². The molecule has 94 valence electrons. The molecule has 0 aliphatic rings. The quantitative estimate of drug-likeness (QED) is 0.593. The lowest BCUT2D eigenvalue weighted by atomic mass is 10.0. The molecule has 3 aromatic rings. The highest BCUT2D eigenvalue weighted by Crippen LogP contribution is 2.31. The smallest absolute Gasteiger partial charge is 0.0756 e. The van der Waals surface area contributed by atoms with E-state index in [0.717, 1.165) is 38.3 Å². The Bertz CT molecular complexity index is 748. The van der Waals surface area contributed by atoms with Crippen LogP contribution in [-0.2, 0) is 0 Å². The van der Waals surface area contributed by atoms with Crippen LogP contribution in [0, 0.1) is 13.8 Å². The van der Waals surface area contributed by atoms with Crippen molar-refractivity contribution in [2.45, 2.75) is 13.8 Å². The average molecular weight is 268 g/mol. The van der Waals surface area contributed by atoms with Gasteiger partial charge >= 0.3 is 0 Å². The van der Waals surface area contributed by atoms with Crippen LogP contribution in [0.1, 0.15) is 11.1 Å². The molecule has 1 nitrogen and oxygen atoms in total. The first-order valence-electron chi connectivity index (χ1n) is 6.28. The van der Waals surface area contributed by atoms with Crippen molar-refractivity contribution < 1.29 is 0 Å². The minimum Gasteiger partial charge on any atom is -0.247 e. The molecule has 2 heteroatoms. The Labute approximate surface area is 117 Å². The van der Waals surface area contributed by atoms with Crippen LogP contribution in [0.15, 0.2) is 48.5 Å². The van der Waals surface area contributed by atoms with E-state index in [1.165, 1.54) is 0 Å². The van der Waals surface area contributed by atoms with Crippen molar-refractivity contribution in [3.8, 4) is 11.3 Å². The molecule has 0 saturated heterocycles. The van der Waals surface area contributed by atoms with E-state index in [0.29, 0.717) is 0 Å². The van der Waals surface area contributed by atoms with Gasteiger partial charge in [-0.05, 0) is 31.0 Å². The van der Waals surface area contributed by atoms with E-state index in [-0.39, 0.29) is 0 Å². The fourth-order valence-corrected chi connectivity index (χ4v) is 2.69. The Kier molecular flexibility index (Phi) is 3.00. The number of hydrogen-bond donors (Lipinski definition) is 0. The number of fused-ring (bicyclic) bond motifs is 1. The summed E-state index contributed by atoms with van der Waals surface area (Å²) in [5, 5.41) is 1.83. The van der Waals surface area contributed by atoms with Gasteiger partial charge < -0.3 is 0 Å². The molecule has 19 heavy (non-hydrogen) atoms. The van der Waals surface area contributed by atoms with Crippen LogP contribution in [0.5, 0.6) is 0 Å². The van der Waals surface area contributed by atoms with Crippen molar-refractivity contribution in [3.63, 3.8) is 0 Å². The number of aryl methyl sites for hydroxylation is 2. The summed E-state index contributed by atoms with van der Waals surface area (Å²) >= 11 is 6.45. The van der Waals surface area contributed by atoms with Gasteiger partial charge in [0.05, 0.1) is 16.2 Å². The van der Waals surface area contributed by atoms with Crippen LogP contribution >= 0.6 is 11.6 Å². The first kappa shape index (κ1) is 12.2. The lowest BCUT2D eigenvalue weighted by Crippen LogP contribution is -1.91.